The summed E-state index contributed by atoms with van der Waals surface area (Å²) in [6.07, 6.45) is -3.85. The van der Waals surface area contributed by atoms with Gasteiger partial charge in [0.1, 0.15) is 0 Å². The molecule has 166 valence electrons. The van der Waals surface area contributed by atoms with E-state index in [4.69, 9.17) is 23.2 Å². The zero-order chi connectivity index (χ0) is 23.5. The Labute approximate surface area is 189 Å². The molecule has 0 unspecified atom stereocenters. The maximum atomic E-state index is 12.9. The Morgan fingerprint density at radius 2 is 1.56 bits per heavy atom. The lowest BCUT2D eigenvalue weighted by molar-refractivity contribution is -0.138. The van der Waals surface area contributed by atoms with Gasteiger partial charge in [-0.1, -0.05) is 41.4 Å². The van der Waals surface area contributed by atoms with Gasteiger partial charge in [0.25, 0.3) is 11.5 Å². The number of carbonyl (C=O) groups is 2. The summed E-state index contributed by atoms with van der Waals surface area (Å²) in [6, 6.07) is 11.0. The predicted octanol–water partition coefficient (Wildman–Crippen LogP) is 5.18. The normalized spacial score (nSPS) is 11.2. The van der Waals surface area contributed by atoms with E-state index >= 15 is 0 Å². The summed E-state index contributed by atoms with van der Waals surface area (Å²) >= 11 is 11.9. The highest BCUT2D eigenvalue weighted by Crippen LogP contribution is 2.30. The van der Waals surface area contributed by atoms with E-state index in [2.05, 4.69) is 10.6 Å². The fourth-order valence-electron chi connectivity index (χ4n) is 2.72. The molecular weight excluding hydrogens is 470 g/mol. The minimum absolute atomic E-state index is 0.116. The number of nitrogens with one attached hydrogen (secondary N) is 2. The smallest absolute Gasteiger partial charge is 0.311 e. The van der Waals surface area contributed by atoms with Crippen molar-refractivity contribution >= 4 is 40.8 Å². The second-order valence-electron chi connectivity index (χ2n) is 6.58. The Morgan fingerprint density at radius 1 is 0.938 bits per heavy atom. The Kier molecular flexibility index (Phi) is 6.90. The number of pyridine rings is 1. The third-order valence-corrected chi connectivity index (χ3v) is 4.94. The van der Waals surface area contributed by atoms with E-state index in [1.54, 1.807) is 6.07 Å². The first-order chi connectivity index (χ1) is 15.0. The standard InChI is InChI=1S/C21H14Cl2F3N3O3/c22-15-2-1-3-16(23)18(15)27-20(32)28-19(31)13-6-4-12(5-7-13)10-29-11-14(21(24,25)26)8-9-17(29)30/h1-9,11H,10H2,(H2,27,28,31,32). The van der Waals surface area contributed by atoms with Crippen molar-refractivity contribution < 1.29 is 22.8 Å². The number of hydrogen-bond donors (Lipinski definition) is 2. The van der Waals surface area contributed by atoms with Crippen LogP contribution in [0.2, 0.25) is 10.0 Å². The molecule has 2 aromatic carbocycles. The molecule has 0 fully saturated rings. The van der Waals surface area contributed by atoms with Gasteiger partial charge in [0, 0.05) is 17.8 Å². The van der Waals surface area contributed by atoms with Crippen LogP contribution in [-0.4, -0.2) is 16.5 Å². The van der Waals surface area contributed by atoms with Crippen LogP contribution >= 0.6 is 23.2 Å². The van der Waals surface area contributed by atoms with Crippen molar-refractivity contribution in [3.05, 3.63) is 97.9 Å². The molecule has 11 heteroatoms. The lowest BCUT2D eigenvalue weighted by Crippen LogP contribution is -2.34. The van der Waals surface area contributed by atoms with Crippen molar-refractivity contribution in [1.29, 1.82) is 0 Å². The summed E-state index contributed by atoms with van der Waals surface area (Å²) in [7, 11) is 0. The summed E-state index contributed by atoms with van der Waals surface area (Å²) in [4.78, 5) is 36.2. The average molecular weight is 484 g/mol. The number of aromatic nitrogens is 1. The van der Waals surface area contributed by atoms with Gasteiger partial charge in [-0.05, 0) is 35.9 Å². The van der Waals surface area contributed by atoms with Gasteiger partial charge in [0.05, 0.1) is 27.8 Å². The van der Waals surface area contributed by atoms with Crippen molar-refractivity contribution in [3.63, 3.8) is 0 Å². The van der Waals surface area contributed by atoms with Gasteiger partial charge in [0.2, 0.25) is 0 Å². The summed E-state index contributed by atoms with van der Waals surface area (Å²) in [5, 5.41) is 4.88. The molecule has 3 aromatic rings. The van der Waals surface area contributed by atoms with Crippen LogP contribution in [0.25, 0.3) is 0 Å². The zero-order valence-electron chi connectivity index (χ0n) is 16.0. The van der Waals surface area contributed by atoms with Crippen molar-refractivity contribution in [2.24, 2.45) is 0 Å². The van der Waals surface area contributed by atoms with Gasteiger partial charge in [-0.15, -0.1) is 0 Å². The van der Waals surface area contributed by atoms with E-state index in [0.717, 1.165) is 16.8 Å². The first-order valence-electron chi connectivity index (χ1n) is 8.97. The summed E-state index contributed by atoms with van der Waals surface area (Å²) < 4.78 is 39.5. The molecule has 0 saturated heterocycles. The van der Waals surface area contributed by atoms with Crippen molar-refractivity contribution in [2.45, 2.75) is 12.7 Å². The Bertz CT molecular complexity index is 1210. The second kappa shape index (κ2) is 9.46. The Hall–Kier alpha value is -3.30. The molecule has 0 spiro atoms. The minimum Gasteiger partial charge on any atom is -0.311 e. The fourth-order valence-corrected chi connectivity index (χ4v) is 3.21. The Balaban J connectivity index is 1.67. The third kappa shape index (κ3) is 5.68. The van der Waals surface area contributed by atoms with Crippen molar-refractivity contribution in [1.82, 2.24) is 9.88 Å². The number of benzene rings is 2. The average Bonchev–Trinajstić information content (AvgIpc) is 2.72. The van der Waals surface area contributed by atoms with Crippen LogP contribution < -0.4 is 16.2 Å². The van der Waals surface area contributed by atoms with Gasteiger partial charge < -0.3 is 9.88 Å². The third-order valence-electron chi connectivity index (χ3n) is 4.31. The number of urea groups is 1. The van der Waals surface area contributed by atoms with Crippen LogP contribution in [0.5, 0.6) is 0 Å². The fraction of sp³-hybridized carbons (Fsp3) is 0.0952. The lowest BCUT2D eigenvalue weighted by atomic mass is 10.1. The molecule has 32 heavy (non-hydrogen) atoms. The number of para-hydroxylation sites is 1. The van der Waals surface area contributed by atoms with Crippen LogP contribution in [0, 0.1) is 0 Å². The van der Waals surface area contributed by atoms with E-state index < -0.39 is 29.2 Å². The molecular formula is C21H14Cl2F3N3O3. The molecule has 0 aliphatic heterocycles. The SMILES string of the molecule is O=C(NC(=O)c1ccc(Cn2cc(C(F)(F)F)ccc2=O)cc1)Nc1c(Cl)cccc1Cl. The minimum atomic E-state index is -4.58. The quantitative estimate of drug-likeness (QED) is 0.536. The first-order valence-corrected chi connectivity index (χ1v) is 9.73. The number of imide groups is 1. The highest BCUT2D eigenvalue weighted by Gasteiger charge is 2.31. The van der Waals surface area contributed by atoms with Crippen LogP contribution in [0.4, 0.5) is 23.7 Å². The van der Waals surface area contributed by atoms with E-state index in [0.29, 0.717) is 11.6 Å². The molecule has 3 rings (SSSR count). The number of hydrogen-bond acceptors (Lipinski definition) is 3. The van der Waals surface area contributed by atoms with E-state index in [1.165, 1.54) is 36.4 Å². The first kappa shape index (κ1) is 23.4. The van der Waals surface area contributed by atoms with Gasteiger partial charge in [-0.2, -0.15) is 13.2 Å². The second-order valence-corrected chi connectivity index (χ2v) is 7.40. The van der Waals surface area contributed by atoms with E-state index in [-0.39, 0.29) is 27.8 Å². The van der Waals surface area contributed by atoms with Gasteiger partial charge in [0.15, 0.2) is 0 Å². The lowest BCUT2D eigenvalue weighted by Gasteiger charge is -2.11. The zero-order valence-corrected chi connectivity index (χ0v) is 17.6. The van der Waals surface area contributed by atoms with E-state index in [9.17, 15) is 27.6 Å². The number of anilines is 1. The number of rotatable bonds is 4. The topological polar surface area (TPSA) is 80.2 Å². The summed E-state index contributed by atoms with van der Waals surface area (Å²) in [5.74, 6) is -0.728. The van der Waals surface area contributed by atoms with Crippen molar-refractivity contribution in [2.75, 3.05) is 5.32 Å². The van der Waals surface area contributed by atoms with Gasteiger partial charge in [-0.25, -0.2) is 4.79 Å². The summed E-state index contributed by atoms with van der Waals surface area (Å²) in [5.41, 5.74) is -0.809. The van der Waals surface area contributed by atoms with Gasteiger partial charge in [-0.3, -0.25) is 14.9 Å². The maximum absolute atomic E-state index is 12.9. The number of nitrogens with zero attached hydrogens (tertiary/aromatic N) is 1. The molecule has 0 radical (unpaired) electrons. The molecule has 2 N–H and O–H groups in total. The molecule has 0 bridgehead atoms. The number of halogens is 5. The molecule has 0 aliphatic carbocycles. The van der Waals surface area contributed by atoms with Crippen molar-refractivity contribution in [3.8, 4) is 0 Å². The molecule has 0 aliphatic rings. The molecule has 1 aromatic heterocycles. The van der Waals surface area contributed by atoms with Crippen LogP contribution in [0.15, 0.2) is 65.6 Å². The molecule has 0 atom stereocenters. The number of alkyl halides is 3. The molecule has 0 saturated carbocycles. The molecule has 3 amide bonds. The number of amides is 3. The van der Waals surface area contributed by atoms with Crippen LogP contribution in [0.3, 0.4) is 0 Å². The number of carbonyl (C=O) groups excluding carboxylic acids is 2. The largest absolute Gasteiger partial charge is 0.417 e. The van der Waals surface area contributed by atoms with E-state index in [1.807, 2.05) is 0 Å². The highest BCUT2D eigenvalue weighted by atomic mass is 35.5. The molecule has 6 nitrogen and oxygen atoms in total. The molecule has 1 heterocycles. The van der Waals surface area contributed by atoms with Gasteiger partial charge >= 0.3 is 12.2 Å². The maximum Gasteiger partial charge on any atom is 0.417 e. The Morgan fingerprint density at radius 3 is 2.16 bits per heavy atom. The highest BCUT2D eigenvalue weighted by molar-refractivity contribution is 6.39. The van der Waals surface area contributed by atoms with Crippen LogP contribution in [0.1, 0.15) is 21.5 Å². The monoisotopic (exact) mass is 483 g/mol. The predicted molar refractivity (Wildman–Crippen MR) is 114 cm³/mol. The van der Waals surface area contributed by atoms with Crippen LogP contribution in [-0.2, 0) is 12.7 Å². The summed E-state index contributed by atoms with van der Waals surface area (Å²) in [6.45, 7) is -0.129.